The fourth-order valence-electron chi connectivity index (χ4n) is 2.30. The van der Waals surface area contributed by atoms with Gasteiger partial charge in [-0.25, -0.2) is 4.39 Å². The summed E-state index contributed by atoms with van der Waals surface area (Å²) in [5.74, 6) is 1.68. The third kappa shape index (κ3) is 4.19. The second kappa shape index (κ2) is 6.34. The van der Waals surface area contributed by atoms with Crippen molar-refractivity contribution in [3.63, 3.8) is 0 Å². The van der Waals surface area contributed by atoms with Crippen LogP contribution in [0.4, 0.5) is 17.6 Å². The Hall–Kier alpha value is -1.10. The van der Waals surface area contributed by atoms with Gasteiger partial charge in [0.1, 0.15) is 0 Å². The van der Waals surface area contributed by atoms with Gasteiger partial charge in [-0.3, -0.25) is 0 Å². The molecule has 0 saturated heterocycles. The summed E-state index contributed by atoms with van der Waals surface area (Å²) in [6.45, 7) is 0.230. The van der Waals surface area contributed by atoms with Crippen LogP contribution >= 0.6 is 11.3 Å². The maximum absolute atomic E-state index is 14.1. The van der Waals surface area contributed by atoms with Crippen molar-refractivity contribution in [3.05, 3.63) is 21.6 Å². The molecule has 1 aromatic rings. The standard InChI is InChI=1S/C14H16F4N2S/c1-2-8-7-21-13(12(8)15)10(5-14(16,17)18)20-11(6-19)9-3-4-9/h1,7,9-11,20H,3-6,19H2. The molecule has 0 aromatic carbocycles. The molecule has 1 heterocycles. The number of hydrogen-bond acceptors (Lipinski definition) is 3. The predicted molar refractivity (Wildman–Crippen MR) is 74.3 cm³/mol. The zero-order valence-corrected chi connectivity index (χ0v) is 12.0. The summed E-state index contributed by atoms with van der Waals surface area (Å²) in [7, 11) is 0. The van der Waals surface area contributed by atoms with E-state index in [1.165, 1.54) is 5.38 Å². The maximum Gasteiger partial charge on any atom is 0.390 e. The molecular weight excluding hydrogens is 304 g/mol. The normalized spacial score (nSPS) is 18.3. The number of hydrogen-bond donors (Lipinski definition) is 2. The predicted octanol–water partition coefficient (Wildman–Crippen LogP) is 3.19. The molecule has 7 heteroatoms. The Bertz CT molecular complexity index is 528. The smallest absolute Gasteiger partial charge is 0.329 e. The van der Waals surface area contributed by atoms with Crippen molar-refractivity contribution in [2.75, 3.05) is 6.54 Å². The summed E-state index contributed by atoms with van der Waals surface area (Å²) in [6.07, 6.45) is 1.48. The first-order chi connectivity index (χ1) is 9.85. The van der Waals surface area contributed by atoms with E-state index >= 15 is 0 Å². The second-order valence-corrected chi connectivity index (χ2v) is 6.10. The van der Waals surface area contributed by atoms with Gasteiger partial charge in [-0.15, -0.1) is 17.8 Å². The van der Waals surface area contributed by atoms with Gasteiger partial charge in [-0.2, -0.15) is 13.2 Å². The number of halogens is 4. The molecule has 0 aliphatic heterocycles. The molecule has 0 spiro atoms. The van der Waals surface area contributed by atoms with E-state index in [2.05, 4.69) is 11.2 Å². The van der Waals surface area contributed by atoms with E-state index in [4.69, 9.17) is 12.2 Å². The topological polar surface area (TPSA) is 38.0 Å². The number of nitrogens with two attached hydrogens (primary N) is 1. The summed E-state index contributed by atoms with van der Waals surface area (Å²) in [5, 5.41) is 4.24. The van der Waals surface area contributed by atoms with Crippen LogP contribution in [0.1, 0.15) is 35.7 Å². The van der Waals surface area contributed by atoms with Gasteiger partial charge in [-0.05, 0) is 18.8 Å². The van der Waals surface area contributed by atoms with E-state index in [9.17, 15) is 17.6 Å². The van der Waals surface area contributed by atoms with Crippen LogP contribution in [-0.4, -0.2) is 18.8 Å². The molecule has 0 radical (unpaired) electrons. The molecule has 3 N–H and O–H groups in total. The molecule has 1 aliphatic rings. The molecule has 1 aromatic heterocycles. The molecule has 1 aliphatic carbocycles. The van der Waals surface area contributed by atoms with Gasteiger partial charge >= 0.3 is 6.18 Å². The lowest BCUT2D eigenvalue weighted by Gasteiger charge is -2.25. The molecule has 2 atom stereocenters. The summed E-state index contributed by atoms with van der Waals surface area (Å²) < 4.78 is 52.3. The molecule has 21 heavy (non-hydrogen) atoms. The van der Waals surface area contributed by atoms with Crippen LogP contribution < -0.4 is 11.1 Å². The highest BCUT2D eigenvalue weighted by Crippen LogP contribution is 2.38. The van der Waals surface area contributed by atoms with E-state index in [1.807, 2.05) is 0 Å². The maximum atomic E-state index is 14.1. The highest BCUT2D eigenvalue weighted by Gasteiger charge is 2.38. The van der Waals surface area contributed by atoms with Crippen LogP contribution in [0.5, 0.6) is 0 Å². The molecule has 1 fully saturated rings. The van der Waals surface area contributed by atoms with Gasteiger partial charge in [0.15, 0.2) is 5.82 Å². The number of rotatable bonds is 6. The van der Waals surface area contributed by atoms with Crippen molar-refractivity contribution < 1.29 is 17.6 Å². The van der Waals surface area contributed by atoms with Crippen LogP contribution in [0.2, 0.25) is 0 Å². The van der Waals surface area contributed by atoms with Gasteiger partial charge in [0.2, 0.25) is 0 Å². The van der Waals surface area contributed by atoms with Gasteiger partial charge in [0.05, 0.1) is 22.9 Å². The fraction of sp³-hybridized carbons (Fsp3) is 0.571. The molecule has 2 nitrogen and oxygen atoms in total. The number of alkyl halides is 3. The fourth-order valence-corrected chi connectivity index (χ4v) is 3.25. The minimum absolute atomic E-state index is 0.000283. The monoisotopic (exact) mass is 320 g/mol. The zero-order valence-electron chi connectivity index (χ0n) is 11.2. The first kappa shape index (κ1) is 16.3. The molecular formula is C14H16F4N2S. The van der Waals surface area contributed by atoms with Crippen LogP contribution in [0.15, 0.2) is 5.38 Å². The van der Waals surface area contributed by atoms with Gasteiger partial charge < -0.3 is 11.1 Å². The summed E-state index contributed by atoms with van der Waals surface area (Å²) in [5.41, 5.74) is 5.61. The minimum Gasteiger partial charge on any atom is -0.329 e. The SMILES string of the molecule is C#Cc1csc(C(CC(F)(F)F)NC(CN)C2CC2)c1F. The molecule has 2 unspecified atom stereocenters. The Kier molecular flexibility index (Phi) is 4.91. The Morgan fingerprint density at radius 3 is 2.57 bits per heavy atom. The third-order valence-electron chi connectivity index (χ3n) is 3.52. The number of nitrogens with one attached hydrogen (secondary N) is 1. The lowest BCUT2D eigenvalue weighted by molar-refractivity contribution is -0.140. The van der Waals surface area contributed by atoms with Gasteiger partial charge in [-0.1, -0.05) is 5.92 Å². The second-order valence-electron chi connectivity index (χ2n) is 5.19. The van der Waals surface area contributed by atoms with Crippen LogP contribution in [0.25, 0.3) is 0 Å². The highest BCUT2D eigenvalue weighted by molar-refractivity contribution is 7.10. The average molecular weight is 320 g/mol. The first-order valence-corrected chi connectivity index (χ1v) is 7.50. The van der Waals surface area contributed by atoms with E-state index < -0.39 is 24.5 Å². The number of thiophene rings is 1. The van der Waals surface area contributed by atoms with E-state index in [1.54, 1.807) is 0 Å². The van der Waals surface area contributed by atoms with Crippen molar-refractivity contribution in [1.82, 2.24) is 5.32 Å². The molecule has 1 saturated carbocycles. The Labute approximate surface area is 124 Å². The third-order valence-corrected chi connectivity index (χ3v) is 4.60. The Morgan fingerprint density at radius 1 is 1.48 bits per heavy atom. The minimum atomic E-state index is -4.40. The molecule has 2 rings (SSSR count). The molecule has 0 bridgehead atoms. The summed E-state index contributed by atoms with van der Waals surface area (Å²) in [6, 6.07) is -1.38. The van der Waals surface area contributed by atoms with Crippen LogP contribution in [0.3, 0.4) is 0 Å². The van der Waals surface area contributed by atoms with Crippen molar-refractivity contribution >= 4 is 11.3 Å². The van der Waals surface area contributed by atoms with Gasteiger partial charge in [0.25, 0.3) is 0 Å². The van der Waals surface area contributed by atoms with Crippen molar-refractivity contribution in [1.29, 1.82) is 0 Å². The first-order valence-electron chi connectivity index (χ1n) is 6.62. The van der Waals surface area contributed by atoms with Crippen LogP contribution in [-0.2, 0) is 0 Å². The van der Waals surface area contributed by atoms with E-state index in [0.717, 1.165) is 24.2 Å². The lowest BCUT2D eigenvalue weighted by atomic mass is 10.1. The largest absolute Gasteiger partial charge is 0.390 e. The number of terminal acetylenes is 1. The Morgan fingerprint density at radius 2 is 2.14 bits per heavy atom. The lowest BCUT2D eigenvalue weighted by Crippen LogP contribution is -2.41. The summed E-state index contributed by atoms with van der Waals surface area (Å²) in [4.78, 5) is -0.000579. The van der Waals surface area contributed by atoms with E-state index in [0.29, 0.717) is 0 Å². The van der Waals surface area contributed by atoms with E-state index in [-0.39, 0.29) is 28.9 Å². The quantitative estimate of drug-likeness (QED) is 0.624. The van der Waals surface area contributed by atoms with Gasteiger partial charge in [0, 0.05) is 18.0 Å². The summed E-state index contributed by atoms with van der Waals surface area (Å²) >= 11 is 0.913. The zero-order chi connectivity index (χ0) is 15.6. The Balaban J connectivity index is 2.22. The van der Waals surface area contributed by atoms with Crippen molar-refractivity contribution in [2.45, 2.75) is 37.5 Å². The van der Waals surface area contributed by atoms with Crippen molar-refractivity contribution in [2.24, 2.45) is 11.7 Å². The van der Waals surface area contributed by atoms with Crippen molar-refractivity contribution in [3.8, 4) is 12.3 Å². The highest BCUT2D eigenvalue weighted by atomic mass is 32.1. The molecule has 0 amide bonds. The average Bonchev–Trinajstić information content (AvgIpc) is 3.16. The van der Waals surface area contributed by atoms with Crippen LogP contribution in [0, 0.1) is 24.1 Å². The molecule has 116 valence electrons.